The molecule has 1 aromatic rings. The number of aliphatic carboxylic acids is 1. The van der Waals surface area contributed by atoms with Crippen LogP contribution in [-0.2, 0) is 20.7 Å². The molecule has 0 bridgehead atoms. The van der Waals surface area contributed by atoms with Crippen LogP contribution in [0.2, 0.25) is 0 Å². The predicted molar refractivity (Wildman–Crippen MR) is 92.9 cm³/mol. The van der Waals surface area contributed by atoms with E-state index in [1.807, 2.05) is 31.2 Å². The van der Waals surface area contributed by atoms with Gasteiger partial charge in [-0.25, -0.2) is 0 Å². The first-order valence-corrected chi connectivity index (χ1v) is 8.73. The Balaban J connectivity index is 1.90. The van der Waals surface area contributed by atoms with Crippen molar-refractivity contribution in [2.75, 3.05) is 11.9 Å². The predicted octanol–water partition coefficient (Wildman–Crippen LogP) is 3.48. The van der Waals surface area contributed by atoms with Gasteiger partial charge in [-0.3, -0.25) is 9.59 Å². The van der Waals surface area contributed by atoms with Crippen molar-refractivity contribution in [2.24, 2.45) is 11.8 Å². The summed E-state index contributed by atoms with van der Waals surface area (Å²) in [5.41, 5.74) is 2.04. The van der Waals surface area contributed by atoms with Crippen molar-refractivity contribution < 1.29 is 19.4 Å². The van der Waals surface area contributed by atoms with Crippen molar-refractivity contribution in [3.8, 4) is 0 Å². The fraction of sp³-hybridized carbons (Fsp3) is 0.579. The van der Waals surface area contributed by atoms with Gasteiger partial charge in [0.25, 0.3) is 0 Å². The quantitative estimate of drug-likeness (QED) is 0.747. The maximum Gasteiger partial charge on any atom is 0.309 e. The third-order valence-electron chi connectivity index (χ3n) is 4.68. The van der Waals surface area contributed by atoms with Gasteiger partial charge in [-0.15, -0.1) is 0 Å². The lowest BCUT2D eigenvalue weighted by molar-refractivity contribution is -0.151. The van der Waals surface area contributed by atoms with Gasteiger partial charge in [0.1, 0.15) is 0 Å². The Labute approximate surface area is 143 Å². The molecule has 1 aliphatic rings. The summed E-state index contributed by atoms with van der Waals surface area (Å²) in [6.45, 7) is 4.39. The van der Waals surface area contributed by atoms with E-state index in [1.165, 1.54) is 0 Å². The SMILES string of the molecule is CCOC(=O)C1CCC(Nc2cccc(CCC(=O)O)c2)CC1C. The van der Waals surface area contributed by atoms with Crippen molar-refractivity contribution in [2.45, 2.75) is 52.0 Å². The second-order valence-corrected chi connectivity index (χ2v) is 6.58. The lowest BCUT2D eigenvalue weighted by Crippen LogP contribution is -2.35. The molecular weight excluding hydrogens is 306 g/mol. The summed E-state index contributed by atoms with van der Waals surface area (Å²) in [7, 11) is 0. The minimum atomic E-state index is -0.778. The second-order valence-electron chi connectivity index (χ2n) is 6.58. The summed E-state index contributed by atoms with van der Waals surface area (Å²) in [4.78, 5) is 22.6. The van der Waals surface area contributed by atoms with Gasteiger partial charge in [-0.05, 0) is 56.2 Å². The number of anilines is 1. The number of carbonyl (C=O) groups is 2. The van der Waals surface area contributed by atoms with Gasteiger partial charge in [0, 0.05) is 18.2 Å². The molecule has 1 fully saturated rings. The molecule has 0 heterocycles. The monoisotopic (exact) mass is 333 g/mol. The summed E-state index contributed by atoms with van der Waals surface area (Å²) in [6, 6.07) is 8.26. The molecule has 0 aliphatic heterocycles. The summed E-state index contributed by atoms with van der Waals surface area (Å²) >= 11 is 0. The Morgan fingerprint density at radius 2 is 2.12 bits per heavy atom. The molecule has 3 atom stereocenters. The molecule has 1 aliphatic carbocycles. The molecule has 5 nitrogen and oxygen atoms in total. The normalized spacial score (nSPS) is 23.5. The van der Waals surface area contributed by atoms with E-state index in [1.54, 1.807) is 0 Å². The van der Waals surface area contributed by atoms with Crippen LogP contribution in [0.3, 0.4) is 0 Å². The topological polar surface area (TPSA) is 75.6 Å². The van der Waals surface area contributed by atoms with Crippen LogP contribution in [0.25, 0.3) is 0 Å². The highest BCUT2D eigenvalue weighted by atomic mass is 16.5. The molecule has 0 radical (unpaired) electrons. The van der Waals surface area contributed by atoms with Gasteiger partial charge in [0.15, 0.2) is 0 Å². The molecule has 24 heavy (non-hydrogen) atoms. The zero-order valence-electron chi connectivity index (χ0n) is 14.5. The number of hydrogen-bond donors (Lipinski definition) is 2. The van der Waals surface area contributed by atoms with E-state index in [4.69, 9.17) is 9.84 Å². The summed E-state index contributed by atoms with van der Waals surface area (Å²) < 4.78 is 5.16. The van der Waals surface area contributed by atoms with Crippen molar-refractivity contribution in [3.05, 3.63) is 29.8 Å². The van der Waals surface area contributed by atoms with E-state index in [0.717, 1.165) is 30.5 Å². The Morgan fingerprint density at radius 1 is 1.33 bits per heavy atom. The average molecular weight is 333 g/mol. The highest BCUT2D eigenvalue weighted by molar-refractivity contribution is 5.73. The van der Waals surface area contributed by atoms with E-state index < -0.39 is 5.97 Å². The van der Waals surface area contributed by atoms with Gasteiger partial charge >= 0.3 is 11.9 Å². The molecule has 0 spiro atoms. The van der Waals surface area contributed by atoms with Crippen LogP contribution in [0.4, 0.5) is 5.69 Å². The second kappa shape index (κ2) is 8.71. The van der Waals surface area contributed by atoms with Gasteiger partial charge in [0.05, 0.1) is 12.5 Å². The highest BCUT2D eigenvalue weighted by Gasteiger charge is 2.33. The number of esters is 1. The maximum atomic E-state index is 12.0. The van der Waals surface area contributed by atoms with Crippen LogP contribution in [0.15, 0.2) is 24.3 Å². The molecule has 2 N–H and O–H groups in total. The zero-order chi connectivity index (χ0) is 17.5. The molecule has 132 valence electrons. The molecule has 5 heteroatoms. The number of aryl methyl sites for hydroxylation is 1. The Kier molecular flexibility index (Phi) is 6.64. The van der Waals surface area contributed by atoms with Crippen LogP contribution in [0.1, 0.15) is 45.1 Å². The molecule has 0 aromatic heterocycles. The molecule has 1 aromatic carbocycles. The fourth-order valence-electron chi connectivity index (χ4n) is 3.43. The molecule has 3 unspecified atom stereocenters. The average Bonchev–Trinajstić information content (AvgIpc) is 2.53. The van der Waals surface area contributed by atoms with Crippen LogP contribution in [0.5, 0.6) is 0 Å². The number of benzene rings is 1. The maximum absolute atomic E-state index is 12.0. The van der Waals surface area contributed by atoms with E-state index in [9.17, 15) is 9.59 Å². The van der Waals surface area contributed by atoms with Crippen LogP contribution in [-0.4, -0.2) is 29.7 Å². The number of carboxylic acid groups (broad SMARTS) is 1. The van der Waals surface area contributed by atoms with Crippen molar-refractivity contribution in [1.82, 2.24) is 0 Å². The van der Waals surface area contributed by atoms with Crippen molar-refractivity contribution in [1.29, 1.82) is 0 Å². The lowest BCUT2D eigenvalue weighted by atomic mass is 9.78. The standard InChI is InChI=1S/C19H27NO4/c1-3-24-19(23)17-9-8-16(11-13(17)2)20-15-6-4-5-14(12-15)7-10-18(21)22/h4-6,12-13,16-17,20H,3,7-11H2,1-2H3,(H,21,22). The first-order chi connectivity index (χ1) is 11.5. The van der Waals surface area contributed by atoms with E-state index >= 15 is 0 Å². The molecule has 1 saturated carbocycles. The molecule has 2 rings (SSSR count). The minimum absolute atomic E-state index is 0.00454. The van der Waals surface area contributed by atoms with Gasteiger partial charge in [0.2, 0.25) is 0 Å². The number of ether oxygens (including phenoxy) is 1. The van der Waals surface area contributed by atoms with E-state index in [-0.39, 0.29) is 18.3 Å². The number of carboxylic acids is 1. The Hall–Kier alpha value is -2.04. The van der Waals surface area contributed by atoms with Crippen molar-refractivity contribution in [3.63, 3.8) is 0 Å². The third kappa shape index (κ3) is 5.25. The molecular formula is C19H27NO4. The van der Waals surface area contributed by atoms with Crippen LogP contribution < -0.4 is 5.32 Å². The summed E-state index contributed by atoms with van der Waals surface area (Å²) in [5, 5.41) is 12.3. The number of hydrogen-bond acceptors (Lipinski definition) is 4. The first kappa shape index (κ1) is 18.3. The number of carbonyl (C=O) groups excluding carboxylic acids is 1. The van der Waals surface area contributed by atoms with E-state index in [2.05, 4.69) is 12.2 Å². The zero-order valence-corrected chi connectivity index (χ0v) is 14.5. The van der Waals surface area contributed by atoms with Gasteiger partial charge < -0.3 is 15.2 Å². The summed E-state index contributed by atoms with van der Waals surface area (Å²) in [6.07, 6.45) is 3.40. The largest absolute Gasteiger partial charge is 0.481 e. The third-order valence-corrected chi connectivity index (χ3v) is 4.68. The smallest absolute Gasteiger partial charge is 0.309 e. The number of nitrogens with one attached hydrogen (secondary N) is 1. The molecule has 0 saturated heterocycles. The highest BCUT2D eigenvalue weighted by Crippen LogP contribution is 2.32. The minimum Gasteiger partial charge on any atom is -0.481 e. The first-order valence-electron chi connectivity index (χ1n) is 8.73. The van der Waals surface area contributed by atoms with Crippen LogP contribution in [0, 0.1) is 11.8 Å². The van der Waals surface area contributed by atoms with Gasteiger partial charge in [-0.2, -0.15) is 0 Å². The number of rotatable bonds is 7. The summed E-state index contributed by atoms with van der Waals surface area (Å²) in [5.74, 6) is -0.547. The fourth-order valence-corrected chi connectivity index (χ4v) is 3.43. The van der Waals surface area contributed by atoms with Crippen molar-refractivity contribution >= 4 is 17.6 Å². The lowest BCUT2D eigenvalue weighted by Gasteiger charge is -2.33. The Morgan fingerprint density at radius 3 is 2.79 bits per heavy atom. The molecule has 0 amide bonds. The Bertz CT molecular complexity index is 572. The van der Waals surface area contributed by atoms with Gasteiger partial charge in [-0.1, -0.05) is 19.1 Å². The van der Waals surface area contributed by atoms with E-state index in [0.29, 0.717) is 25.0 Å². The van der Waals surface area contributed by atoms with Crippen LogP contribution >= 0.6 is 0 Å².